The van der Waals surface area contributed by atoms with Crippen LogP contribution >= 0.6 is 0 Å². The quantitative estimate of drug-likeness (QED) is 0.618. The summed E-state index contributed by atoms with van der Waals surface area (Å²) >= 11 is 0. The molecule has 0 unspecified atom stereocenters. The predicted molar refractivity (Wildman–Crippen MR) is 102 cm³/mol. The smallest absolute Gasteiger partial charge is 0.444 e. The first-order valence-corrected chi connectivity index (χ1v) is 9.05. The first-order valence-electron chi connectivity index (χ1n) is 9.05. The monoisotopic (exact) mass is 396 g/mol. The second-order valence-electron chi connectivity index (χ2n) is 8.71. The summed E-state index contributed by atoms with van der Waals surface area (Å²) in [5, 5.41) is 2.63. The maximum Gasteiger partial charge on any atom is 0.492 e. The van der Waals surface area contributed by atoms with Gasteiger partial charge in [-0.05, 0) is 59.5 Å². The molecule has 1 aliphatic heterocycles. The highest BCUT2D eigenvalue weighted by Crippen LogP contribution is 2.38. The van der Waals surface area contributed by atoms with E-state index in [-0.39, 0.29) is 12.1 Å². The van der Waals surface area contributed by atoms with Crippen molar-refractivity contribution in [2.24, 2.45) is 0 Å². The average molecular weight is 396 g/mol. The van der Waals surface area contributed by atoms with E-state index in [0.717, 1.165) is 12.1 Å². The lowest BCUT2D eigenvalue weighted by Gasteiger charge is -2.32. The Morgan fingerprint density at radius 2 is 1.68 bits per heavy atom. The van der Waals surface area contributed by atoms with Crippen molar-refractivity contribution in [2.75, 3.05) is 6.54 Å². The summed E-state index contributed by atoms with van der Waals surface area (Å²) in [7, 11) is -0.806. The van der Waals surface area contributed by atoms with E-state index >= 15 is 0 Å². The Balaban J connectivity index is 2.28. The number of hydrogen-bond donors (Lipinski definition) is 1. The van der Waals surface area contributed by atoms with Crippen molar-refractivity contribution in [3.05, 3.63) is 35.1 Å². The average Bonchev–Trinajstić information content (AvgIpc) is 2.68. The molecule has 28 heavy (non-hydrogen) atoms. The van der Waals surface area contributed by atoms with Crippen molar-refractivity contribution in [3.63, 3.8) is 0 Å². The number of halogens is 2. The maximum atomic E-state index is 13.5. The summed E-state index contributed by atoms with van der Waals surface area (Å²) in [6.07, 6.45) is 0.884. The number of nitrogens with one attached hydrogen (secondary N) is 1. The van der Waals surface area contributed by atoms with Gasteiger partial charge in [0.25, 0.3) is 0 Å². The normalized spacial score (nSPS) is 18.9. The van der Waals surface area contributed by atoms with Crippen LogP contribution in [0.2, 0.25) is 0 Å². The Morgan fingerprint density at radius 3 is 2.14 bits per heavy atom. The first kappa shape index (κ1) is 22.3. The Bertz CT molecular complexity index is 739. The van der Waals surface area contributed by atoms with Crippen LogP contribution in [0.5, 0.6) is 0 Å². The molecule has 1 saturated heterocycles. The highest BCUT2D eigenvalue weighted by molar-refractivity contribution is 6.56. The lowest BCUT2D eigenvalue weighted by molar-refractivity contribution is 0.00578. The Morgan fingerprint density at radius 1 is 1.18 bits per heavy atom. The third-order valence-electron chi connectivity index (χ3n) is 4.53. The molecule has 0 bridgehead atoms. The largest absolute Gasteiger partial charge is 0.492 e. The zero-order valence-corrected chi connectivity index (χ0v) is 17.4. The molecule has 0 atom stereocenters. The molecule has 2 heterocycles. The summed E-state index contributed by atoms with van der Waals surface area (Å²) < 4.78 is 44.2. The summed E-state index contributed by atoms with van der Waals surface area (Å²) in [6.45, 7) is 12.8. The molecule has 6 nitrogen and oxygen atoms in total. The Kier molecular flexibility index (Phi) is 6.20. The molecule has 2 rings (SSSR count). The van der Waals surface area contributed by atoms with Crippen molar-refractivity contribution >= 4 is 19.3 Å². The second kappa shape index (κ2) is 7.79. The second-order valence-corrected chi connectivity index (χ2v) is 8.71. The first-order chi connectivity index (χ1) is 12.7. The van der Waals surface area contributed by atoms with E-state index in [0.29, 0.717) is 5.47 Å². The third-order valence-corrected chi connectivity index (χ3v) is 4.53. The van der Waals surface area contributed by atoms with E-state index in [1.807, 2.05) is 27.7 Å². The van der Waals surface area contributed by atoms with Crippen LogP contribution in [-0.4, -0.2) is 41.5 Å². The zero-order chi connectivity index (χ0) is 21.3. The topological polar surface area (TPSA) is 69.7 Å². The van der Waals surface area contributed by atoms with Crippen molar-refractivity contribution in [3.8, 4) is 0 Å². The lowest BCUT2D eigenvalue weighted by atomic mass is 9.77. The van der Waals surface area contributed by atoms with E-state index in [1.165, 1.54) is 6.08 Å². The van der Waals surface area contributed by atoms with Gasteiger partial charge >= 0.3 is 13.2 Å². The minimum absolute atomic E-state index is 0.0112. The van der Waals surface area contributed by atoms with Gasteiger partial charge in [-0.2, -0.15) is 13.8 Å². The molecule has 9 heteroatoms. The minimum Gasteiger partial charge on any atom is -0.444 e. The number of alkyl carbamates (subject to hydrolysis) is 1. The van der Waals surface area contributed by atoms with Crippen LogP contribution in [-0.2, 0) is 14.0 Å². The van der Waals surface area contributed by atoms with Crippen molar-refractivity contribution in [1.82, 2.24) is 10.3 Å². The fraction of sp³-hybridized carbons (Fsp3) is 0.579. The van der Waals surface area contributed by atoms with Gasteiger partial charge < -0.3 is 19.4 Å². The van der Waals surface area contributed by atoms with E-state index in [1.54, 1.807) is 20.8 Å². The Hall–Kier alpha value is -2.00. The van der Waals surface area contributed by atoms with Crippen LogP contribution in [0, 0.1) is 11.9 Å². The van der Waals surface area contributed by atoms with Crippen LogP contribution < -0.4 is 5.32 Å². The van der Waals surface area contributed by atoms with Crippen LogP contribution in [0.1, 0.15) is 54.0 Å². The molecule has 1 aromatic heterocycles. The molecule has 0 aliphatic carbocycles. The fourth-order valence-electron chi connectivity index (χ4n) is 2.47. The summed E-state index contributed by atoms with van der Waals surface area (Å²) in [5.74, 6) is -1.89. The molecule has 1 amide bonds. The zero-order valence-electron chi connectivity index (χ0n) is 17.4. The van der Waals surface area contributed by atoms with Crippen LogP contribution in [0.25, 0.3) is 6.08 Å². The number of rotatable bonds is 4. The van der Waals surface area contributed by atoms with Gasteiger partial charge in [-0.3, -0.25) is 0 Å². The number of carbonyl (C=O) groups is 1. The molecular formula is C19H27BF2N2O4. The molecule has 1 N–H and O–H groups in total. The Labute approximate surface area is 164 Å². The standard InChI is InChI=1S/C19H27BF2N2O4/c1-17(2,3)26-16(25)23-11-13(8-12-9-14(21)24-15(22)10-12)20-27-18(4,5)19(6,7)28-20/h8-10H,11H2,1-7H3,(H,23,25). The van der Waals surface area contributed by atoms with Crippen molar-refractivity contribution in [2.45, 2.75) is 65.3 Å². The van der Waals surface area contributed by atoms with Gasteiger partial charge in [0.15, 0.2) is 0 Å². The van der Waals surface area contributed by atoms with Gasteiger partial charge in [0.2, 0.25) is 11.9 Å². The van der Waals surface area contributed by atoms with Crippen LogP contribution in [0.4, 0.5) is 13.6 Å². The molecule has 0 radical (unpaired) electrons. The number of aromatic nitrogens is 1. The summed E-state index contributed by atoms with van der Waals surface area (Å²) in [5.41, 5.74) is -1.17. The van der Waals surface area contributed by atoms with Gasteiger partial charge in [-0.15, -0.1) is 0 Å². The maximum absolute atomic E-state index is 13.5. The number of hydrogen-bond acceptors (Lipinski definition) is 5. The molecule has 0 saturated carbocycles. The van der Waals surface area contributed by atoms with Gasteiger partial charge in [-0.1, -0.05) is 6.08 Å². The summed E-state index contributed by atoms with van der Waals surface area (Å²) in [4.78, 5) is 15.1. The third kappa shape index (κ3) is 5.75. The predicted octanol–water partition coefficient (Wildman–Crippen LogP) is 3.90. The number of amides is 1. The molecule has 1 fully saturated rings. The number of pyridine rings is 1. The number of nitrogens with zero attached hydrogens (tertiary/aromatic N) is 1. The molecule has 1 aliphatic rings. The van der Waals surface area contributed by atoms with Gasteiger partial charge in [0.1, 0.15) is 5.60 Å². The number of carbonyl (C=O) groups excluding carboxylic acids is 1. The SMILES string of the molecule is CC(C)(C)OC(=O)NCC(=Cc1cc(F)nc(F)c1)B1OC(C)(C)C(C)(C)O1. The van der Waals surface area contributed by atoms with Gasteiger partial charge in [0.05, 0.1) is 11.2 Å². The van der Waals surface area contributed by atoms with Crippen molar-refractivity contribution < 1.29 is 27.6 Å². The summed E-state index contributed by atoms with van der Waals surface area (Å²) in [6, 6.07) is 2.17. The van der Waals surface area contributed by atoms with Crippen molar-refractivity contribution in [1.29, 1.82) is 0 Å². The highest BCUT2D eigenvalue weighted by atomic mass is 19.1. The highest BCUT2D eigenvalue weighted by Gasteiger charge is 2.52. The number of ether oxygens (including phenoxy) is 1. The molecule has 1 aromatic rings. The van der Waals surface area contributed by atoms with E-state index < -0.39 is 41.9 Å². The van der Waals surface area contributed by atoms with E-state index in [2.05, 4.69) is 10.3 Å². The minimum atomic E-state index is -0.945. The van der Waals surface area contributed by atoms with Gasteiger partial charge in [-0.25, -0.2) is 4.79 Å². The van der Waals surface area contributed by atoms with Crippen LogP contribution in [0.3, 0.4) is 0 Å². The van der Waals surface area contributed by atoms with E-state index in [9.17, 15) is 13.6 Å². The molecule has 154 valence electrons. The fourth-order valence-corrected chi connectivity index (χ4v) is 2.47. The molecule has 0 aromatic carbocycles. The van der Waals surface area contributed by atoms with Gasteiger partial charge in [0, 0.05) is 18.7 Å². The lowest BCUT2D eigenvalue weighted by Crippen LogP contribution is -2.41. The molecule has 0 spiro atoms. The van der Waals surface area contributed by atoms with Crippen LogP contribution in [0.15, 0.2) is 17.6 Å². The molecular weight excluding hydrogens is 369 g/mol. The van der Waals surface area contributed by atoms with E-state index in [4.69, 9.17) is 14.0 Å².